The lowest BCUT2D eigenvalue weighted by molar-refractivity contribution is 0.225. The summed E-state index contributed by atoms with van der Waals surface area (Å²) in [5.41, 5.74) is 1.31. The molecule has 1 atom stereocenters. The van der Waals surface area contributed by atoms with Crippen molar-refractivity contribution >= 4 is 15.9 Å². The van der Waals surface area contributed by atoms with Gasteiger partial charge in [0.25, 0.3) is 0 Å². The molecular formula is C15H26BrN3. The van der Waals surface area contributed by atoms with E-state index in [0.29, 0.717) is 6.04 Å². The molecule has 1 saturated carbocycles. The Morgan fingerprint density at radius 2 is 2.11 bits per heavy atom. The van der Waals surface area contributed by atoms with E-state index in [2.05, 4.69) is 40.2 Å². The minimum Gasteiger partial charge on any atom is -0.308 e. The van der Waals surface area contributed by atoms with Crippen molar-refractivity contribution in [2.75, 3.05) is 6.54 Å². The maximum atomic E-state index is 4.38. The van der Waals surface area contributed by atoms with E-state index in [1.54, 1.807) is 0 Å². The van der Waals surface area contributed by atoms with Crippen molar-refractivity contribution in [3.05, 3.63) is 16.4 Å². The topological polar surface area (TPSA) is 29.9 Å². The van der Waals surface area contributed by atoms with E-state index < -0.39 is 0 Å². The summed E-state index contributed by atoms with van der Waals surface area (Å²) in [6.07, 6.45) is 8.49. The lowest BCUT2D eigenvalue weighted by atomic mass is 9.78. The van der Waals surface area contributed by atoms with Crippen LogP contribution in [0.4, 0.5) is 0 Å². The molecule has 1 aromatic rings. The molecule has 1 unspecified atom stereocenters. The van der Waals surface area contributed by atoms with Gasteiger partial charge in [-0.15, -0.1) is 0 Å². The van der Waals surface area contributed by atoms with Gasteiger partial charge in [0.15, 0.2) is 0 Å². The summed E-state index contributed by atoms with van der Waals surface area (Å²) < 4.78 is 3.16. The minimum atomic E-state index is 0.439. The molecule has 4 heteroatoms. The van der Waals surface area contributed by atoms with Gasteiger partial charge in [-0.2, -0.15) is 5.10 Å². The van der Waals surface area contributed by atoms with Crippen LogP contribution in [0.5, 0.6) is 0 Å². The van der Waals surface area contributed by atoms with E-state index in [4.69, 9.17) is 0 Å². The largest absolute Gasteiger partial charge is 0.308 e. The fraction of sp³-hybridized carbons (Fsp3) is 0.800. The molecule has 0 bridgehead atoms. The normalized spacial score (nSPS) is 25.5. The minimum absolute atomic E-state index is 0.439. The van der Waals surface area contributed by atoms with Gasteiger partial charge in [0.2, 0.25) is 0 Å². The Kier molecular flexibility index (Phi) is 5.46. The number of nitrogens with one attached hydrogen (secondary N) is 1. The molecule has 1 fully saturated rings. The first kappa shape index (κ1) is 15.0. The van der Waals surface area contributed by atoms with E-state index in [1.807, 2.05) is 17.9 Å². The highest BCUT2D eigenvalue weighted by atomic mass is 79.9. The number of hydrogen-bond donors (Lipinski definition) is 1. The highest BCUT2D eigenvalue weighted by molar-refractivity contribution is 9.10. The van der Waals surface area contributed by atoms with Crippen molar-refractivity contribution in [1.82, 2.24) is 15.1 Å². The molecule has 0 aliphatic heterocycles. The van der Waals surface area contributed by atoms with E-state index in [0.717, 1.165) is 22.9 Å². The predicted octanol–water partition coefficient (Wildman–Crippen LogP) is 4.05. The Balaban J connectivity index is 2.16. The second kappa shape index (κ2) is 6.89. The predicted molar refractivity (Wildman–Crippen MR) is 83.1 cm³/mol. The maximum absolute atomic E-state index is 4.38. The van der Waals surface area contributed by atoms with Crippen LogP contribution in [-0.4, -0.2) is 16.3 Å². The van der Waals surface area contributed by atoms with Crippen LogP contribution in [0.15, 0.2) is 10.7 Å². The number of aromatic nitrogens is 2. The summed E-state index contributed by atoms with van der Waals surface area (Å²) in [4.78, 5) is 0. The molecule has 1 heterocycles. The summed E-state index contributed by atoms with van der Waals surface area (Å²) in [6.45, 7) is 5.68. The smallest absolute Gasteiger partial charge is 0.0695 e. The van der Waals surface area contributed by atoms with Crippen LogP contribution in [0.3, 0.4) is 0 Å². The van der Waals surface area contributed by atoms with Gasteiger partial charge in [0, 0.05) is 7.05 Å². The Morgan fingerprint density at radius 1 is 1.42 bits per heavy atom. The third-order valence-corrected chi connectivity index (χ3v) is 4.99. The third-order valence-electron chi connectivity index (χ3n) is 4.38. The van der Waals surface area contributed by atoms with Crippen molar-refractivity contribution in [2.24, 2.45) is 18.9 Å². The molecule has 0 saturated heterocycles. The Labute approximate surface area is 125 Å². The molecule has 0 aromatic carbocycles. The number of hydrogen-bond acceptors (Lipinski definition) is 2. The molecule has 0 radical (unpaired) electrons. The van der Waals surface area contributed by atoms with Gasteiger partial charge in [-0.05, 0) is 53.6 Å². The van der Waals surface area contributed by atoms with Crippen LogP contribution >= 0.6 is 15.9 Å². The van der Waals surface area contributed by atoms with Crippen molar-refractivity contribution in [3.63, 3.8) is 0 Å². The number of nitrogens with zero attached hydrogens (tertiary/aromatic N) is 2. The SMILES string of the molecule is CCCNC(c1c(Br)cnn1C)C1CCC(C)CC1. The fourth-order valence-corrected chi connectivity index (χ4v) is 3.77. The highest BCUT2D eigenvalue weighted by Gasteiger charge is 2.30. The van der Waals surface area contributed by atoms with E-state index in [1.165, 1.54) is 37.8 Å². The summed E-state index contributed by atoms with van der Waals surface area (Å²) in [5.74, 6) is 1.65. The summed E-state index contributed by atoms with van der Waals surface area (Å²) in [7, 11) is 2.05. The van der Waals surface area contributed by atoms with Crippen LogP contribution in [0.1, 0.15) is 57.7 Å². The Bertz CT molecular complexity index is 375. The average Bonchev–Trinajstić information content (AvgIpc) is 2.73. The summed E-state index contributed by atoms with van der Waals surface area (Å²) >= 11 is 3.66. The second-order valence-electron chi connectivity index (χ2n) is 5.95. The van der Waals surface area contributed by atoms with Gasteiger partial charge in [-0.25, -0.2) is 0 Å². The first-order valence-electron chi connectivity index (χ1n) is 7.54. The first-order chi connectivity index (χ1) is 9.13. The molecule has 0 amide bonds. The average molecular weight is 328 g/mol. The van der Waals surface area contributed by atoms with Gasteiger partial charge in [0.1, 0.15) is 0 Å². The van der Waals surface area contributed by atoms with Gasteiger partial charge < -0.3 is 5.32 Å². The molecule has 3 nitrogen and oxygen atoms in total. The molecule has 1 aromatic heterocycles. The lowest BCUT2D eigenvalue weighted by Gasteiger charge is -2.33. The lowest BCUT2D eigenvalue weighted by Crippen LogP contribution is -2.33. The van der Waals surface area contributed by atoms with Gasteiger partial charge >= 0.3 is 0 Å². The molecular weight excluding hydrogens is 302 g/mol. The standard InChI is InChI=1S/C15H26BrN3/c1-4-9-17-14(12-7-5-11(2)6-8-12)15-13(16)10-18-19(15)3/h10-12,14,17H,4-9H2,1-3H3. The van der Waals surface area contributed by atoms with E-state index in [9.17, 15) is 0 Å². The first-order valence-corrected chi connectivity index (χ1v) is 8.33. The van der Waals surface area contributed by atoms with Crippen LogP contribution in [0, 0.1) is 11.8 Å². The van der Waals surface area contributed by atoms with Crippen LogP contribution in [-0.2, 0) is 7.05 Å². The Hall–Kier alpha value is -0.350. The highest BCUT2D eigenvalue weighted by Crippen LogP contribution is 2.38. The quantitative estimate of drug-likeness (QED) is 0.884. The van der Waals surface area contributed by atoms with Gasteiger partial charge in [0.05, 0.1) is 22.4 Å². The van der Waals surface area contributed by atoms with Crippen LogP contribution in [0.2, 0.25) is 0 Å². The molecule has 1 aliphatic rings. The molecule has 2 rings (SSSR count). The Morgan fingerprint density at radius 3 is 2.63 bits per heavy atom. The van der Waals surface area contributed by atoms with Crippen molar-refractivity contribution in [1.29, 1.82) is 0 Å². The van der Waals surface area contributed by atoms with Crippen molar-refractivity contribution in [2.45, 2.75) is 52.0 Å². The number of rotatable bonds is 5. The van der Waals surface area contributed by atoms with E-state index in [-0.39, 0.29) is 0 Å². The molecule has 19 heavy (non-hydrogen) atoms. The van der Waals surface area contributed by atoms with Gasteiger partial charge in [-0.1, -0.05) is 26.7 Å². The van der Waals surface area contributed by atoms with E-state index >= 15 is 0 Å². The molecule has 1 N–H and O–H groups in total. The number of aryl methyl sites for hydroxylation is 1. The molecule has 0 spiro atoms. The summed E-state index contributed by atoms with van der Waals surface area (Å²) in [5, 5.41) is 8.13. The molecule has 1 aliphatic carbocycles. The van der Waals surface area contributed by atoms with Crippen molar-refractivity contribution in [3.8, 4) is 0 Å². The van der Waals surface area contributed by atoms with Crippen LogP contribution in [0.25, 0.3) is 0 Å². The monoisotopic (exact) mass is 327 g/mol. The van der Waals surface area contributed by atoms with Gasteiger partial charge in [-0.3, -0.25) is 4.68 Å². The zero-order valence-corrected chi connectivity index (χ0v) is 13.9. The fourth-order valence-electron chi connectivity index (χ4n) is 3.18. The number of halogens is 1. The second-order valence-corrected chi connectivity index (χ2v) is 6.81. The zero-order chi connectivity index (χ0) is 13.8. The summed E-state index contributed by atoms with van der Waals surface area (Å²) in [6, 6.07) is 0.439. The zero-order valence-electron chi connectivity index (χ0n) is 12.3. The van der Waals surface area contributed by atoms with Crippen LogP contribution < -0.4 is 5.32 Å². The molecule has 108 valence electrons. The maximum Gasteiger partial charge on any atom is 0.0695 e. The third kappa shape index (κ3) is 3.60. The van der Waals surface area contributed by atoms with Crippen molar-refractivity contribution < 1.29 is 0 Å².